The molecule has 204 valence electrons. The van der Waals surface area contributed by atoms with Gasteiger partial charge in [-0.05, 0) is 37.6 Å². The van der Waals surface area contributed by atoms with Crippen molar-refractivity contribution in [2.45, 2.75) is 77.5 Å². The van der Waals surface area contributed by atoms with Crippen LogP contribution in [0.1, 0.15) is 53.4 Å². The van der Waals surface area contributed by atoms with Gasteiger partial charge in [-0.3, -0.25) is 19.2 Å². The number of aliphatic carboxylic acids is 4. The summed E-state index contributed by atoms with van der Waals surface area (Å²) in [4.78, 5) is 39.9. The molecule has 0 rings (SSSR count). The predicted molar refractivity (Wildman–Crippen MR) is 127 cm³/mol. The van der Waals surface area contributed by atoms with Crippen LogP contribution < -0.4 is 28.7 Å². The van der Waals surface area contributed by atoms with E-state index in [0.29, 0.717) is 25.3 Å². The molecule has 0 aromatic rings. The zero-order chi connectivity index (χ0) is 28.0. The molecule has 0 heterocycles. The average molecular weight is 500 g/mol. The molecule has 14 nitrogen and oxygen atoms in total. The van der Waals surface area contributed by atoms with Crippen molar-refractivity contribution >= 4 is 23.9 Å². The summed E-state index contributed by atoms with van der Waals surface area (Å²) in [5, 5.41) is 40.8. The molecule has 0 aromatic carbocycles. The maximum absolute atomic E-state index is 10.1. The van der Waals surface area contributed by atoms with Crippen molar-refractivity contribution in [3.8, 4) is 0 Å². The van der Waals surface area contributed by atoms with Gasteiger partial charge in [-0.2, -0.15) is 0 Å². The second-order valence-electron chi connectivity index (χ2n) is 8.04. The van der Waals surface area contributed by atoms with Crippen molar-refractivity contribution in [3.05, 3.63) is 0 Å². The fourth-order valence-electron chi connectivity index (χ4n) is 1.60. The van der Waals surface area contributed by atoms with E-state index < -0.39 is 54.7 Å². The molecule has 0 saturated heterocycles. The van der Waals surface area contributed by atoms with Crippen LogP contribution in [0.3, 0.4) is 0 Å². The van der Waals surface area contributed by atoms with E-state index in [4.69, 9.17) is 54.2 Å². The largest absolute Gasteiger partial charge is 0.480 e. The summed E-state index contributed by atoms with van der Waals surface area (Å²) in [5.74, 6) is -3.58. The molecule has 0 aromatic heterocycles. The Kier molecular flexibility index (Phi) is 27.2. The molecule has 0 fully saturated rings. The highest BCUT2D eigenvalue weighted by Gasteiger charge is 2.14. The Labute approximate surface area is 200 Å². The molecule has 0 radical (unpaired) electrons. The molecular weight excluding hydrogens is 454 g/mol. The van der Waals surface area contributed by atoms with Gasteiger partial charge in [0.15, 0.2) is 0 Å². The minimum Gasteiger partial charge on any atom is -0.480 e. The lowest BCUT2D eigenvalue weighted by molar-refractivity contribution is -0.140. The first-order valence-electron chi connectivity index (χ1n) is 10.7. The SMILES string of the molecule is CC(C)C[C@H](N)C(=O)O.CC(C)[C@H](N)C(=O)O.NCCCC[C@H](N)C(=O)O.N[C@@H](CO)C(=O)O. The van der Waals surface area contributed by atoms with Crippen LogP contribution in [-0.4, -0.2) is 86.7 Å². The molecule has 0 unspecified atom stereocenters. The van der Waals surface area contributed by atoms with E-state index in [1.165, 1.54) is 0 Å². The lowest BCUT2D eigenvalue weighted by Crippen LogP contribution is -2.34. The fraction of sp³-hybridized carbons (Fsp3) is 0.800. The minimum atomic E-state index is -1.18. The molecule has 0 bridgehead atoms. The number of aliphatic hydroxyl groups is 1. The number of nitrogens with two attached hydrogens (primary N) is 5. The third-order valence-electron chi connectivity index (χ3n) is 3.85. The van der Waals surface area contributed by atoms with Gasteiger partial charge in [0.2, 0.25) is 0 Å². The van der Waals surface area contributed by atoms with Gasteiger partial charge in [0.25, 0.3) is 0 Å². The van der Waals surface area contributed by atoms with E-state index in [1.54, 1.807) is 13.8 Å². The number of unbranched alkanes of at least 4 members (excludes halogenated alkanes) is 1. The number of hydrogen-bond acceptors (Lipinski definition) is 10. The topological polar surface area (TPSA) is 300 Å². The van der Waals surface area contributed by atoms with Crippen LogP contribution in [0.2, 0.25) is 0 Å². The highest BCUT2D eigenvalue weighted by molar-refractivity contribution is 5.74. The van der Waals surface area contributed by atoms with Crippen molar-refractivity contribution in [2.75, 3.05) is 13.2 Å². The van der Waals surface area contributed by atoms with Crippen molar-refractivity contribution in [1.29, 1.82) is 0 Å². The van der Waals surface area contributed by atoms with Crippen molar-refractivity contribution < 1.29 is 44.7 Å². The lowest BCUT2D eigenvalue weighted by atomic mass is 10.1. The van der Waals surface area contributed by atoms with Gasteiger partial charge in [-0.1, -0.05) is 34.1 Å². The molecule has 0 spiro atoms. The Bertz CT molecular complexity index is 563. The zero-order valence-corrected chi connectivity index (χ0v) is 20.5. The molecule has 4 atom stereocenters. The first-order chi connectivity index (χ1) is 15.5. The fourth-order valence-corrected chi connectivity index (χ4v) is 1.60. The molecule has 0 amide bonds. The monoisotopic (exact) mass is 499 g/mol. The summed E-state index contributed by atoms with van der Waals surface area (Å²) in [6.07, 6.45) is 2.72. The Balaban J connectivity index is -0.000000178. The molecular formula is C20H45N5O9. The normalized spacial score (nSPS) is 13.5. The summed E-state index contributed by atoms with van der Waals surface area (Å²) in [7, 11) is 0. The second kappa shape index (κ2) is 23.8. The van der Waals surface area contributed by atoms with Crippen LogP contribution in [0.25, 0.3) is 0 Å². The van der Waals surface area contributed by atoms with E-state index in [1.807, 2.05) is 13.8 Å². The summed E-state index contributed by atoms with van der Waals surface area (Å²) in [6.45, 7) is 7.55. The Hall–Kier alpha value is -2.36. The molecule has 0 aliphatic rings. The van der Waals surface area contributed by atoms with E-state index >= 15 is 0 Å². The Morgan fingerprint density at radius 3 is 1.24 bits per heavy atom. The van der Waals surface area contributed by atoms with Crippen LogP contribution in [-0.2, 0) is 19.2 Å². The number of aliphatic hydroxyl groups excluding tert-OH is 1. The van der Waals surface area contributed by atoms with E-state index in [2.05, 4.69) is 0 Å². The van der Waals surface area contributed by atoms with Crippen LogP contribution in [0.4, 0.5) is 0 Å². The highest BCUT2D eigenvalue weighted by Crippen LogP contribution is 2.01. The summed E-state index contributed by atoms with van der Waals surface area (Å²) in [5.41, 5.74) is 25.6. The number of hydrogen-bond donors (Lipinski definition) is 10. The zero-order valence-electron chi connectivity index (χ0n) is 20.5. The smallest absolute Gasteiger partial charge is 0.322 e. The molecule has 0 aliphatic heterocycles. The van der Waals surface area contributed by atoms with Crippen LogP contribution in [0.15, 0.2) is 0 Å². The van der Waals surface area contributed by atoms with Crippen molar-refractivity contribution in [2.24, 2.45) is 40.5 Å². The van der Waals surface area contributed by atoms with Gasteiger partial charge < -0.3 is 54.2 Å². The van der Waals surface area contributed by atoms with E-state index in [0.717, 1.165) is 12.8 Å². The molecule has 14 heteroatoms. The summed E-state index contributed by atoms with van der Waals surface area (Å²) in [6, 6.07) is -3.24. The first kappa shape index (κ1) is 38.9. The number of carboxylic acid groups (broad SMARTS) is 4. The molecule has 0 aliphatic carbocycles. The van der Waals surface area contributed by atoms with Gasteiger partial charge in [0.05, 0.1) is 6.61 Å². The summed E-state index contributed by atoms with van der Waals surface area (Å²) >= 11 is 0. The maximum atomic E-state index is 10.1. The molecule has 15 N–H and O–H groups in total. The number of carbonyl (C=O) groups is 4. The number of rotatable bonds is 12. The van der Waals surface area contributed by atoms with Crippen LogP contribution in [0.5, 0.6) is 0 Å². The van der Waals surface area contributed by atoms with Crippen molar-refractivity contribution in [1.82, 2.24) is 0 Å². The standard InChI is InChI=1S/C6H14N2O2.C6H13NO2.C5H11NO2.C3H7NO3/c7-4-2-1-3-5(8)6(9)10;1-4(2)3-5(7)6(8)9;1-3(2)4(6)5(7)8;4-2(1-5)3(6)7/h5H,1-4,7-8H2,(H,9,10);4-5H,3,7H2,1-2H3,(H,8,9);3-4H,6H2,1-2H3,(H,7,8);2,5H,1,4H2,(H,6,7)/t2*5-;4-;2-/m0000/s1. The lowest BCUT2D eigenvalue weighted by Gasteiger charge is -2.07. The quantitative estimate of drug-likeness (QED) is 0.135. The van der Waals surface area contributed by atoms with Gasteiger partial charge in [-0.15, -0.1) is 0 Å². The predicted octanol–water partition coefficient (Wildman–Crippen LogP) is -1.58. The van der Waals surface area contributed by atoms with Gasteiger partial charge in [0, 0.05) is 0 Å². The van der Waals surface area contributed by atoms with Crippen LogP contribution in [0, 0.1) is 11.8 Å². The molecule has 0 saturated carbocycles. The second-order valence-corrected chi connectivity index (χ2v) is 8.04. The average Bonchev–Trinajstić information content (AvgIpc) is 2.73. The Morgan fingerprint density at radius 1 is 0.676 bits per heavy atom. The molecule has 34 heavy (non-hydrogen) atoms. The van der Waals surface area contributed by atoms with Crippen LogP contribution >= 0.6 is 0 Å². The number of carboxylic acids is 4. The highest BCUT2D eigenvalue weighted by atomic mass is 16.4. The third-order valence-corrected chi connectivity index (χ3v) is 3.85. The minimum absolute atomic E-state index is 0.0208. The van der Waals surface area contributed by atoms with Gasteiger partial charge in [-0.25, -0.2) is 0 Å². The van der Waals surface area contributed by atoms with E-state index in [-0.39, 0.29) is 5.92 Å². The van der Waals surface area contributed by atoms with Gasteiger partial charge >= 0.3 is 23.9 Å². The van der Waals surface area contributed by atoms with Crippen molar-refractivity contribution in [3.63, 3.8) is 0 Å². The Morgan fingerprint density at radius 2 is 1.09 bits per heavy atom. The third kappa shape index (κ3) is 29.6. The summed E-state index contributed by atoms with van der Waals surface area (Å²) < 4.78 is 0. The van der Waals surface area contributed by atoms with E-state index in [9.17, 15) is 19.2 Å². The first-order valence-corrected chi connectivity index (χ1v) is 10.7. The van der Waals surface area contributed by atoms with Gasteiger partial charge in [0.1, 0.15) is 24.2 Å². The maximum Gasteiger partial charge on any atom is 0.322 e.